The van der Waals surface area contributed by atoms with E-state index in [1.807, 2.05) is 6.07 Å². The molecule has 0 rings (SSSR count). The number of hydrogen-bond donors (Lipinski definition) is 0. The molecule has 0 aliphatic heterocycles. The molecule has 0 bridgehead atoms. The minimum absolute atomic E-state index is 0. The van der Waals surface area contributed by atoms with E-state index in [0.29, 0.717) is 6.61 Å². The van der Waals surface area contributed by atoms with Gasteiger partial charge in [0.1, 0.15) is 0 Å². The average Bonchev–Trinajstić information content (AvgIpc) is 1.89. The third-order valence-corrected chi connectivity index (χ3v) is 1.09. The van der Waals surface area contributed by atoms with Crippen molar-refractivity contribution in [3.8, 4) is 6.07 Å². The van der Waals surface area contributed by atoms with Crippen LogP contribution in [0.2, 0.25) is 0 Å². The van der Waals surface area contributed by atoms with Crippen LogP contribution < -0.4 is 29.6 Å². The van der Waals surface area contributed by atoms with Crippen LogP contribution in [0.5, 0.6) is 0 Å². The van der Waals surface area contributed by atoms with Crippen molar-refractivity contribution >= 4 is 5.97 Å². The van der Waals surface area contributed by atoms with E-state index >= 15 is 0 Å². The predicted octanol–water partition coefficient (Wildman–Crippen LogP) is -1.90. The first-order valence-electron chi connectivity index (χ1n) is 3.26. The Morgan fingerprint density at radius 3 is 2.64 bits per heavy atom. The monoisotopic (exact) mass is 164 g/mol. The maximum atomic E-state index is 10.8. The van der Waals surface area contributed by atoms with Gasteiger partial charge in [0.25, 0.3) is 0 Å². The van der Waals surface area contributed by atoms with Crippen molar-refractivity contribution in [1.82, 2.24) is 0 Å². The standard InChI is InChI=1S/C7H11NO2.Na/c1-3-10-7(9)6(2)4-5-8;/h6H,3-4H2,1-2H3;/q;+1. The number of ether oxygens (including phenoxy) is 1. The van der Waals surface area contributed by atoms with E-state index in [4.69, 9.17) is 5.26 Å². The molecule has 0 aromatic rings. The normalized spacial score (nSPS) is 10.6. The molecule has 0 amide bonds. The first-order chi connectivity index (χ1) is 4.72. The Morgan fingerprint density at radius 2 is 2.27 bits per heavy atom. The topological polar surface area (TPSA) is 50.1 Å². The number of esters is 1. The van der Waals surface area contributed by atoms with Crippen molar-refractivity contribution in [2.24, 2.45) is 5.92 Å². The van der Waals surface area contributed by atoms with Crippen LogP contribution in [-0.2, 0) is 9.53 Å². The molecule has 0 saturated heterocycles. The maximum absolute atomic E-state index is 10.8. The summed E-state index contributed by atoms with van der Waals surface area (Å²) >= 11 is 0. The van der Waals surface area contributed by atoms with Crippen molar-refractivity contribution < 1.29 is 39.1 Å². The van der Waals surface area contributed by atoms with Crippen molar-refractivity contribution in [3.63, 3.8) is 0 Å². The van der Waals surface area contributed by atoms with E-state index in [2.05, 4.69) is 4.74 Å². The summed E-state index contributed by atoms with van der Waals surface area (Å²) in [6.07, 6.45) is 0.235. The molecule has 0 aromatic heterocycles. The van der Waals surface area contributed by atoms with Crippen LogP contribution in [-0.4, -0.2) is 12.6 Å². The van der Waals surface area contributed by atoms with Gasteiger partial charge in [0.05, 0.1) is 18.6 Å². The molecule has 0 radical (unpaired) electrons. The minimum Gasteiger partial charge on any atom is -0.466 e. The summed E-state index contributed by atoms with van der Waals surface area (Å²) in [7, 11) is 0. The second kappa shape index (κ2) is 8.06. The van der Waals surface area contributed by atoms with E-state index in [1.54, 1.807) is 13.8 Å². The van der Waals surface area contributed by atoms with E-state index in [9.17, 15) is 4.79 Å². The van der Waals surface area contributed by atoms with Gasteiger partial charge in [-0.15, -0.1) is 0 Å². The molecule has 0 heterocycles. The molecule has 1 unspecified atom stereocenters. The van der Waals surface area contributed by atoms with Crippen LogP contribution in [0.3, 0.4) is 0 Å². The number of nitriles is 1. The number of nitrogens with zero attached hydrogens (tertiary/aromatic N) is 1. The van der Waals surface area contributed by atoms with Crippen LogP contribution >= 0.6 is 0 Å². The molecule has 0 fully saturated rings. The van der Waals surface area contributed by atoms with Gasteiger partial charge in [-0.2, -0.15) is 5.26 Å². The quantitative estimate of drug-likeness (QED) is 0.362. The van der Waals surface area contributed by atoms with E-state index in [0.717, 1.165) is 0 Å². The predicted molar refractivity (Wildman–Crippen MR) is 36.0 cm³/mol. The van der Waals surface area contributed by atoms with Gasteiger partial charge in [0.2, 0.25) is 0 Å². The number of hydrogen-bond acceptors (Lipinski definition) is 3. The number of carbonyl (C=O) groups is 1. The van der Waals surface area contributed by atoms with Gasteiger partial charge in [-0.25, -0.2) is 0 Å². The molecule has 11 heavy (non-hydrogen) atoms. The Balaban J connectivity index is 0. The van der Waals surface area contributed by atoms with Crippen molar-refractivity contribution in [2.75, 3.05) is 6.61 Å². The summed E-state index contributed by atoms with van der Waals surface area (Å²) in [5, 5.41) is 8.20. The van der Waals surface area contributed by atoms with Gasteiger partial charge < -0.3 is 4.74 Å². The second-order valence-corrected chi connectivity index (χ2v) is 2.02. The van der Waals surface area contributed by atoms with Crippen LogP contribution in [0, 0.1) is 17.2 Å². The zero-order valence-electron chi connectivity index (χ0n) is 7.26. The van der Waals surface area contributed by atoms with Gasteiger partial charge in [0.15, 0.2) is 0 Å². The Hall–Kier alpha value is -0.0400. The first-order valence-corrected chi connectivity index (χ1v) is 3.26. The summed E-state index contributed by atoms with van der Waals surface area (Å²) in [5.41, 5.74) is 0. The Morgan fingerprint density at radius 1 is 1.73 bits per heavy atom. The summed E-state index contributed by atoms with van der Waals surface area (Å²) < 4.78 is 4.67. The smallest absolute Gasteiger partial charge is 0.466 e. The van der Waals surface area contributed by atoms with Gasteiger partial charge in [-0.1, -0.05) is 6.92 Å². The number of carbonyl (C=O) groups excluding carboxylic acids is 1. The second-order valence-electron chi connectivity index (χ2n) is 2.02. The number of rotatable bonds is 3. The third kappa shape index (κ3) is 6.36. The largest absolute Gasteiger partial charge is 1.00 e. The third-order valence-electron chi connectivity index (χ3n) is 1.09. The SMILES string of the molecule is CCOC(=O)C(C)CC#N.[Na+]. The Bertz CT molecular complexity index is 153. The molecule has 4 heteroatoms. The van der Waals surface area contributed by atoms with Crippen LogP contribution in [0.1, 0.15) is 20.3 Å². The van der Waals surface area contributed by atoms with Crippen molar-refractivity contribution in [1.29, 1.82) is 5.26 Å². The maximum Gasteiger partial charge on any atom is 1.00 e. The van der Waals surface area contributed by atoms with Crippen LogP contribution in [0.4, 0.5) is 0 Å². The van der Waals surface area contributed by atoms with E-state index in [-0.39, 0.29) is 47.9 Å². The Kier molecular flexibility index (Phi) is 9.92. The Labute approximate surface area is 89.0 Å². The minimum atomic E-state index is -0.288. The van der Waals surface area contributed by atoms with E-state index in [1.165, 1.54) is 0 Å². The molecule has 0 spiro atoms. The molecular formula is C7H11NNaO2+. The average molecular weight is 164 g/mol. The molecule has 0 saturated carbocycles. The van der Waals surface area contributed by atoms with Gasteiger partial charge in [-0.05, 0) is 6.92 Å². The molecule has 0 aliphatic rings. The summed E-state index contributed by atoms with van der Waals surface area (Å²) in [4.78, 5) is 10.8. The van der Waals surface area contributed by atoms with Crippen LogP contribution in [0.25, 0.3) is 0 Å². The molecular weight excluding hydrogens is 153 g/mol. The molecule has 0 aliphatic carbocycles. The molecule has 3 nitrogen and oxygen atoms in total. The van der Waals surface area contributed by atoms with Crippen LogP contribution in [0.15, 0.2) is 0 Å². The fourth-order valence-electron chi connectivity index (χ4n) is 0.505. The van der Waals surface area contributed by atoms with Gasteiger partial charge >= 0.3 is 35.5 Å². The van der Waals surface area contributed by atoms with Gasteiger partial charge in [0, 0.05) is 6.42 Å². The summed E-state index contributed by atoms with van der Waals surface area (Å²) in [6, 6.07) is 1.91. The zero-order chi connectivity index (χ0) is 7.98. The summed E-state index contributed by atoms with van der Waals surface area (Å²) in [5.74, 6) is -0.575. The van der Waals surface area contributed by atoms with Crippen molar-refractivity contribution in [2.45, 2.75) is 20.3 Å². The van der Waals surface area contributed by atoms with Gasteiger partial charge in [-0.3, -0.25) is 4.79 Å². The summed E-state index contributed by atoms with van der Waals surface area (Å²) in [6.45, 7) is 3.81. The van der Waals surface area contributed by atoms with Crippen molar-refractivity contribution in [3.05, 3.63) is 0 Å². The molecule has 56 valence electrons. The fourth-order valence-corrected chi connectivity index (χ4v) is 0.505. The molecule has 0 aromatic carbocycles. The van der Waals surface area contributed by atoms with E-state index < -0.39 is 0 Å². The fraction of sp³-hybridized carbons (Fsp3) is 0.714. The zero-order valence-corrected chi connectivity index (χ0v) is 9.26. The first kappa shape index (κ1) is 13.5. The molecule has 0 N–H and O–H groups in total. The molecule has 1 atom stereocenters.